The summed E-state index contributed by atoms with van der Waals surface area (Å²) in [5.41, 5.74) is 6.51. The average molecular weight is 829 g/mol. The number of aromatic hydroxyl groups is 1. The monoisotopic (exact) mass is 828 g/mol. The third-order valence-corrected chi connectivity index (χ3v) is 9.58. The molecule has 0 aromatic heterocycles. The second-order valence-corrected chi connectivity index (χ2v) is 14.9. The zero-order chi connectivity index (χ0) is 43.9. The molecule has 4 rings (SSSR count). The van der Waals surface area contributed by atoms with Gasteiger partial charge in [-0.1, -0.05) is 26.3 Å². The summed E-state index contributed by atoms with van der Waals surface area (Å²) in [6, 6.07) is 11.0. The van der Waals surface area contributed by atoms with Gasteiger partial charge in [-0.2, -0.15) is 0 Å². The Morgan fingerprint density at radius 3 is 2.17 bits per heavy atom. The van der Waals surface area contributed by atoms with Gasteiger partial charge in [0.1, 0.15) is 29.2 Å². The van der Waals surface area contributed by atoms with E-state index in [2.05, 4.69) is 26.6 Å². The molecule has 0 spiro atoms. The van der Waals surface area contributed by atoms with E-state index in [0.29, 0.717) is 61.6 Å². The van der Waals surface area contributed by atoms with Gasteiger partial charge in [-0.15, -0.1) is 0 Å². The first kappa shape index (κ1) is 45.9. The van der Waals surface area contributed by atoms with Gasteiger partial charge in [-0.25, -0.2) is 4.79 Å². The third kappa shape index (κ3) is 13.4. The molecule has 9 N–H and O–H groups in total. The molecular formula is C43H52N6O11. The van der Waals surface area contributed by atoms with E-state index in [1.807, 2.05) is 13.8 Å². The molecule has 17 heteroatoms. The van der Waals surface area contributed by atoms with Gasteiger partial charge >= 0.3 is 5.97 Å². The van der Waals surface area contributed by atoms with Gasteiger partial charge in [0, 0.05) is 60.6 Å². The number of carbonyl (C=O) groups is 7. The lowest BCUT2D eigenvalue weighted by Gasteiger charge is -2.21. The van der Waals surface area contributed by atoms with E-state index in [9.17, 15) is 48.6 Å². The fraction of sp³-hybridized carbons (Fsp3) is 0.395. The van der Waals surface area contributed by atoms with Crippen LogP contribution in [0.5, 0.6) is 5.75 Å². The Morgan fingerprint density at radius 2 is 1.47 bits per heavy atom. The highest BCUT2D eigenvalue weighted by Crippen LogP contribution is 2.42. The van der Waals surface area contributed by atoms with E-state index < -0.39 is 48.2 Å². The lowest BCUT2D eigenvalue weighted by atomic mass is 9.90. The van der Waals surface area contributed by atoms with Crippen molar-refractivity contribution in [1.29, 1.82) is 0 Å². The summed E-state index contributed by atoms with van der Waals surface area (Å²) in [5, 5.41) is 33.9. The molecule has 6 amide bonds. The van der Waals surface area contributed by atoms with Crippen LogP contribution in [0.4, 0.5) is 0 Å². The maximum absolute atomic E-state index is 13.1. The molecule has 1 aliphatic carbocycles. The number of nitrogens with one attached hydrogen (secondary N) is 5. The van der Waals surface area contributed by atoms with Crippen LogP contribution < -0.4 is 37.7 Å². The molecule has 2 aromatic rings. The Kier molecular flexibility index (Phi) is 16.7. The topological polar surface area (TPSA) is 276 Å². The van der Waals surface area contributed by atoms with Gasteiger partial charge in [0.15, 0.2) is 5.43 Å². The number of aromatic carboxylic acids is 1. The Labute approximate surface area is 346 Å². The predicted molar refractivity (Wildman–Crippen MR) is 222 cm³/mol. The molecular weight excluding hydrogens is 777 g/mol. The zero-order valence-electron chi connectivity index (χ0n) is 33.9. The second kappa shape index (κ2) is 21.8. The lowest BCUT2D eigenvalue weighted by Crippen LogP contribution is -2.51. The number of phenols is 1. The van der Waals surface area contributed by atoms with Crippen molar-refractivity contribution in [3.05, 3.63) is 75.9 Å². The third-order valence-electron chi connectivity index (χ3n) is 9.58. The molecule has 2 aliphatic rings. The fourth-order valence-electron chi connectivity index (χ4n) is 6.65. The van der Waals surface area contributed by atoms with Crippen molar-refractivity contribution < 1.29 is 48.2 Å². The number of carboxylic acid groups (broad SMARTS) is 1. The first-order valence-electron chi connectivity index (χ1n) is 19.8. The quantitative estimate of drug-likeness (QED) is 0.0421. The Hall–Kier alpha value is -6.78. The van der Waals surface area contributed by atoms with Gasteiger partial charge in [0.05, 0.1) is 12.1 Å². The molecule has 320 valence electrons. The van der Waals surface area contributed by atoms with Crippen molar-refractivity contribution in [1.82, 2.24) is 26.6 Å². The van der Waals surface area contributed by atoms with E-state index in [1.54, 1.807) is 6.07 Å². The smallest absolute Gasteiger partial charge is 0.336 e. The standard InChI is InChI=1S/C43H52N6O11/c1-24(2)19-34(42(57)47-23-38(54)48-33(40(44)55)9-6-8-17-45-25(3)50)49-37(53)10-5-4-7-18-46-41(56)26-11-14-29(32(20-26)43(58)59)39-30-15-12-27(51)21-35(30)60-36-22-28(52)13-16-31(36)39/h11-16,20-22,24,33-34,51H,4-10,17-19,23H2,1-3H3,(H2,44,55)(H,45,50)(H,46,56)(H,47,57)(H,48,54)(H,49,53)(H,58,59). The lowest BCUT2D eigenvalue weighted by molar-refractivity contribution is -0.131. The maximum atomic E-state index is 13.1. The van der Waals surface area contributed by atoms with E-state index in [1.165, 1.54) is 55.5 Å². The van der Waals surface area contributed by atoms with E-state index >= 15 is 0 Å². The normalized spacial score (nSPS) is 12.1. The highest BCUT2D eigenvalue weighted by molar-refractivity contribution is 6.09. The van der Waals surface area contributed by atoms with Gasteiger partial charge < -0.3 is 46.9 Å². The summed E-state index contributed by atoms with van der Waals surface area (Å²) in [7, 11) is 0. The summed E-state index contributed by atoms with van der Waals surface area (Å²) in [4.78, 5) is 98.9. The molecule has 2 aromatic carbocycles. The molecule has 17 nitrogen and oxygen atoms in total. The number of benzene rings is 3. The van der Waals surface area contributed by atoms with E-state index in [4.69, 9.17) is 10.2 Å². The SMILES string of the molecule is CC(=O)NCCCCC(NC(=O)CNC(=O)C(CC(C)C)NC(=O)CCCCCNC(=O)c1ccc(-c2c3ccc(=O)cc-3oc3cc(O)ccc23)c(C(=O)O)c1)C(N)=O. The summed E-state index contributed by atoms with van der Waals surface area (Å²) in [6.07, 6.45) is 3.31. The van der Waals surface area contributed by atoms with Crippen LogP contribution in [0.2, 0.25) is 0 Å². The number of fused-ring (bicyclic) bond motifs is 2. The van der Waals surface area contributed by atoms with Crippen molar-refractivity contribution >= 4 is 52.4 Å². The second-order valence-electron chi connectivity index (χ2n) is 14.9. The Morgan fingerprint density at radius 1 is 0.767 bits per heavy atom. The fourth-order valence-corrected chi connectivity index (χ4v) is 6.65. The van der Waals surface area contributed by atoms with Crippen molar-refractivity contribution in [2.24, 2.45) is 11.7 Å². The molecule has 0 bridgehead atoms. The van der Waals surface area contributed by atoms with E-state index in [0.717, 1.165) is 0 Å². The summed E-state index contributed by atoms with van der Waals surface area (Å²) >= 11 is 0. The van der Waals surface area contributed by atoms with Crippen LogP contribution in [-0.2, 0) is 24.0 Å². The molecule has 1 heterocycles. The number of nitrogens with two attached hydrogens (primary N) is 1. The van der Waals surface area contributed by atoms with Crippen molar-refractivity contribution in [3.63, 3.8) is 0 Å². The van der Waals surface area contributed by atoms with Crippen LogP contribution in [0.25, 0.3) is 33.4 Å². The Bertz CT molecular complexity index is 2250. The van der Waals surface area contributed by atoms with Crippen molar-refractivity contribution in [2.45, 2.75) is 84.2 Å². The minimum absolute atomic E-state index is 0.0376. The number of unbranched alkanes of at least 4 members (excludes halogenated alkanes) is 3. The van der Waals surface area contributed by atoms with Crippen molar-refractivity contribution in [2.75, 3.05) is 19.6 Å². The van der Waals surface area contributed by atoms with E-state index in [-0.39, 0.29) is 76.3 Å². The Balaban J connectivity index is 1.26. The van der Waals surface area contributed by atoms with Crippen LogP contribution in [0.1, 0.15) is 92.9 Å². The van der Waals surface area contributed by atoms with Gasteiger partial charge in [0.25, 0.3) is 5.91 Å². The number of hydrogen-bond acceptors (Lipinski definition) is 10. The summed E-state index contributed by atoms with van der Waals surface area (Å²) in [5.74, 6) is -4.06. The minimum atomic E-state index is -1.28. The molecule has 2 unspecified atom stereocenters. The number of phenolic OH excluding ortho intramolecular Hbond substituents is 1. The summed E-state index contributed by atoms with van der Waals surface area (Å²) in [6.45, 7) is 5.41. The number of primary amides is 1. The van der Waals surface area contributed by atoms with Crippen LogP contribution in [0, 0.1) is 5.92 Å². The van der Waals surface area contributed by atoms with Crippen LogP contribution in [0.3, 0.4) is 0 Å². The number of amides is 6. The molecule has 0 fully saturated rings. The van der Waals surface area contributed by atoms with Gasteiger partial charge in [-0.05, 0) is 86.4 Å². The summed E-state index contributed by atoms with van der Waals surface area (Å²) < 4.78 is 5.87. The minimum Gasteiger partial charge on any atom is -0.508 e. The average Bonchev–Trinajstić information content (AvgIpc) is 3.18. The first-order chi connectivity index (χ1) is 28.5. The van der Waals surface area contributed by atoms with Crippen molar-refractivity contribution in [3.8, 4) is 28.2 Å². The molecule has 0 radical (unpaired) electrons. The maximum Gasteiger partial charge on any atom is 0.336 e. The molecule has 0 saturated carbocycles. The molecule has 0 saturated heterocycles. The first-order valence-corrected chi connectivity index (χ1v) is 19.8. The van der Waals surface area contributed by atoms with Gasteiger partial charge in [0.2, 0.25) is 29.5 Å². The highest BCUT2D eigenvalue weighted by atomic mass is 16.4. The highest BCUT2D eigenvalue weighted by Gasteiger charge is 2.25. The predicted octanol–water partition coefficient (Wildman–Crippen LogP) is 3.18. The largest absolute Gasteiger partial charge is 0.508 e. The number of carboxylic acids is 1. The number of hydrogen-bond donors (Lipinski definition) is 8. The van der Waals surface area contributed by atoms with Crippen LogP contribution in [0.15, 0.2) is 63.8 Å². The number of rotatable bonds is 22. The molecule has 1 aliphatic heterocycles. The molecule has 2 atom stereocenters. The number of carbonyl (C=O) groups excluding carboxylic acids is 6. The van der Waals surface area contributed by atoms with Gasteiger partial charge in [-0.3, -0.25) is 33.6 Å². The van der Waals surface area contributed by atoms with Crippen LogP contribution in [-0.4, -0.2) is 83.3 Å². The van der Waals surface area contributed by atoms with Crippen LogP contribution >= 0.6 is 0 Å². The zero-order valence-corrected chi connectivity index (χ0v) is 33.9. The molecule has 60 heavy (non-hydrogen) atoms.